The van der Waals surface area contributed by atoms with Gasteiger partial charge in [-0.3, -0.25) is 9.59 Å². The maximum absolute atomic E-state index is 12.5. The van der Waals surface area contributed by atoms with Crippen LogP contribution in [0.3, 0.4) is 0 Å². The van der Waals surface area contributed by atoms with Crippen LogP contribution in [0.25, 0.3) is 33.2 Å². The molecule has 7 rings (SSSR count). The summed E-state index contributed by atoms with van der Waals surface area (Å²) in [6.45, 7) is 0. The van der Waals surface area contributed by atoms with E-state index in [1.54, 1.807) is 35.4 Å². The number of anilines is 2. The summed E-state index contributed by atoms with van der Waals surface area (Å²) in [5.74, 6) is -1.97. The molecule has 4 aromatic heterocycles. The molecule has 4 N–H and O–H groups in total. The lowest BCUT2D eigenvalue weighted by Crippen LogP contribution is -2.15. The Kier molecular flexibility index (Phi) is 12.0. The van der Waals surface area contributed by atoms with Gasteiger partial charge < -0.3 is 29.7 Å². The van der Waals surface area contributed by atoms with Crippen molar-refractivity contribution in [2.24, 2.45) is 0 Å². The van der Waals surface area contributed by atoms with Crippen molar-refractivity contribution in [2.45, 2.75) is 19.3 Å². The second-order valence-electron chi connectivity index (χ2n) is 11.4. The number of hydrogen-bond acceptors (Lipinski definition) is 8. The molecule has 0 saturated carbocycles. The third-order valence-electron chi connectivity index (χ3n) is 7.92. The summed E-state index contributed by atoms with van der Waals surface area (Å²) in [4.78, 5) is 48.2. The molecular formula is C39H28Br2N2O8S2. The number of benzene rings is 3. The molecule has 2 amide bonds. The van der Waals surface area contributed by atoms with Gasteiger partial charge in [0.2, 0.25) is 11.8 Å². The Morgan fingerprint density at radius 1 is 0.660 bits per heavy atom. The SMILES string of the molecule is O=C(CCc1ccco1)Nc1scc(-c2ccc(Br)cc2)c1C(=O)O.O=C(Cc1coc2ccccc12)Nc1scc(-c2ccc(Br)cc2)c1C(=O)O. The number of carbonyl (C=O) groups excluding carboxylic acids is 2. The van der Waals surface area contributed by atoms with Crippen LogP contribution in [0.2, 0.25) is 0 Å². The number of furan rings is 2. The second kappa shape index (κ2) is 17.0. The molecule has 0 aliphatic rings. The number of fused-ring (bicyclic) bond motifs is 1. The van der Waals surface area contributed by atoms with Crippen molar-refractivity contribution >= 4 is 99.3 Å². The zero-order chi connectivity index (χ0) is 37.5. The first kappa shape index (κ1) is 37.5. The standard InChI is InChI=1S/C21H14BrNO4S.C18H14BrNO4S/c22-14-7-5-12(6-8-14)16-11-28-20(19(16)21(25)26)23-18(24)9-13-10-27-17-4-2-1-3-15(13)17;19-12-5-3-11(4-6-12)14-10-25-17(16(14)18(22)23)20-15(21)8-7-13-2-1-9-24-13/h1-8,10-11H,9H2,(H,23,24)(H,25,26);1-6,9-10H,7-8H2,(H,20,21)(H,22,23). The minimum atomic E-state index is -1.08. The van der Waals surface area contributed by atoms with Crippen LogP contribution in [0.15, 0.2) is 126 Å². The number of rotatable bonds is 11. The molecule has 268 valence electrons. The topological polar surface area (TPSA) is 159 Å². The Morgan fingerprint density at radius 2 is 1.21 bits per heavy atom. The van der Waals surface area contributed by atoms with Crippen molar-refractivity contribution in [1.29, 1.82) is 0 Å². The number of halogens is 2. The summed E-state index contributed by atoms with van der Waals surface area (Å²) in [7, 11) is 0. The first-order valence-corrected chi connectivity index (χ1v) is 19.2. The third-order valence-corrected chi connectivity index (χ3v) is 10.8. The molecule has 0 radical (unpaired) electrons. The molecular weight excluding hydrogens is 848 g/mol. The number of nitrogens with one attached hydrogen (secondary N) is 2. The van der Waals surface area contributed by atoms with Gasteiger partial charge in [-0.25, -0.2) is 9.59 Å². The van der Waals surface area contributed by atoms with Gasteiger partial charge in [0.15, 0.2) is 0 Å². The highest BCUT2D eigenvalue weighted by Gasteiger charge is 2.23. The normalized spacial score (nSPS) is 10.8. The number of hydrogen-bond donors (Lipinski definition) is 4. The molecule has 0 unspecified atom stereocenters. The van der Waals surface area contributed by atoms with Crippen LogP contribution in [-0.2, 0) is 22.4 Å². The summed E-state index contributed by atoms with van der Waals surface area (Å²) < 4.78 is 12.5. The monoisotopic (exact) mass is 874 g/mol. The van der Waals surface area contributed by atoms with Crippen molar-refractivity contribution in [3.8, 4) is 22.3 Å². The summed E-state index contributed by atoms with van der Waals surface area (Å²) in [5.41, 5.74) is 4.41. The first-order chi connectivity index (χ1) is 25.6. The number of aromatic carboxylic acids is 2. The van der Waals surface area contributed by atoms with Gasteiger partial charge in [0.05, 0.1) is 18.9 Å². The smallest absolute Gasteiger partial charge is 0.339 e. The molecule has 3 aromatic carbocycles. The van der Waals surface area contributed by atoms with Crippen molar-refractivity contribution in [3.05, 3.63) is 140 Å². The summed E-state index contributed by atoms with van der Waals surface area (Å²) in [6, 6.07) is 25.8. The van der Waals surface area contributed by atoms with Gasteiger partial charge in [-0.05, 0) is 53.6 Å². The van der Waals surface area contributed by atoms with Crippen molar-refractivity contribution in [2.75, 3.05) is 10.6 Å². The summed E-state index contributed by atoms with van der Waals surface area (Å²) in [5, 5.41) is 29.7. The molecule has 4 heterocycles. The average molecular weight is 877 g/mol. The van der Waals surface area contributed by atoms with Gasteiger partial charge in [-0.2, -0.15) is 0 Å². The van der Waals surface area contributed by atoms with Crippen LogP contribution in [0, 0.1) is 0 Å². The lowest BCUT2D eigenvalue weighted by molar-refractivity contribution is -0.116. The molecule has 53 heavy (non-hydrogen) atoms. The van der Waals surface area contributed by atoms with E-state index in [4.69, 9.17) is 8.83 Å². The van der Waals surface area contributed by atoms with Gasteiger partial charge in [0.1, 0.15) is 32.5 Å². The molecule has 10 nitrogen and oxygen atoms in total. The quantitative estimate of drug-likeness (QED) is 0.0999. The van der Waals surface area contributed by atoms with Gasteiger partial charge in [-0.1, -0.05) is 74.3 Å². The lowest BCUT2D eigenvalue weighted by atomic mass is 10.0. The molecule has 0 aliphatic carbocycles. The lowest BCUT2D eigenvalue weighted by Gasteiger charge is -2.06. The zero-order valence-corrected chi connectivity index (χ0v) is 32.2. The zero-order valence-electron chi connectivity index (χ0n) is 27.4. The summed E-state index contributed by atoms with van der Waals surface area (Å²) in [6.07, 6.45) is 3.90. The predicted molar refractivity (Wildman–Crippen MR) is 213 cm³/mol. The van der Waals surface area contributed by atoms with Crippen molar-refractivity contribution in [3.63, 3.8) is 0 Å². The maximum atomic E-state index is 12.5. The highest BCUT2D eigenvalue weighted by atomic mass is 79.9. The third kappa shape index (κ3) is 9.21. The fourth-order valence-corrected chi connectivity index (χ4v) is 7.89. The Labute approximate surface area is 327 Å². The minimum absolute atomic E-state index is 0.0951. The average Bonchev–Trinajstić information content (AvgIpc) is 3.96. The largest absolute Gasteiger partial charge is 0.478 e. The van der Waals surface area contributed by atoms with E-state index in [9.17, 15) is 29.4 Å². The molecule has 0 spiro atoms. The molecule has 0 bridgehead atoms. The molecule has 0 saturated heterocycles. The van der Waals surface area contributed by atoms with Gasteiger partial charge in [0, 0.05) is 54.6 Å². The maximum Gasteiger partial charge on any atom is 0.339 e. The van der Waals surface area contributed by atoms with Crippen LogP contribution in [0.5, 0.6) is 0 Å². The van der Waals surface area contributed by atoms with E-state index in [0.717, 1.165) is 36.8 Å². The van der Waals surface area contributed by atoms with E-state index in [1.807, 2.05) is 72.8 Å². The van der Waals surface area contributed by atoms with E-state index in [0.29, 0.717) is 33.1 Å². The molecule has 0 atom stereocenters. The fraction of sp³-hybridized carbons (Fsp3) is 0.0769. The van der Waals surface area contributed by atoms with Crippen LogP contribution in [0.4, 0.5) is 10.0 Å². The number of aryl methyl sites for hydroxylation is 1. The van der Waals surface area contributed by atoms with E-state index in [-0.39, 0.29) is 35.8 Å². The second-order valence-corrected chi connectivity index (χ2v) is 15.0. The molecule has 7 aromatic rings. The highest BCUT2D eigenvalue weighted by molar-refractivity contribution is 9.10. The van der Waals surface area contributed by atoms with E-state index in [1.165, 1.54) is 22.7 Å². The van der Waals surface area contributed by atoms with Crippen molar-refractivity contribution in [1.82, 2.24) is 0 Å². The minimum Gasteiger partial charge on any atom is -0.478 e. The van der Waals surface area contributed by atoms with Crippen LogP contribution in [-0.4, -0.2) is 34.0 Å². The van der Waals surface area contributed by atoms with E-state index < -0.39 is 11.9 Å². The fourth-order valence-electron chi connectivity index (χ4n) is 5.40. The first-order valence-electron chi connectivity index (χ1n) is 15.9. The van der Waals surface area contributed by atoms with Crippen LogP contribution < -0.4 is 10.6 Å². The Hall–Kier alpha value is -5.28. The van der Waals surface area contributed by atoms with Gasteiger partial charge in [-0.15, -0.1) is 22.7 Å². The van der Waals surface area contributed by atoms with E-state index >= 15 is 0 Å². The highest BCUT2D eigenvalue weighted by Crippen LogP contribution is 2.37. The Morgan fingerprint density at radius 3 is 1.74 bits per heavy atom. The molecule has 14 heteroatoms. The van der Waals surface area contributed by atoms with E-state index in [2.05, 4.69) is 42.5 Å². The number of thiophene rings is 2. The van der Waals surface area contributed by atoms with Crippen molar-refractivity contribution < 1.29 is 38.2 Å². The summed E-state index contributed by atoms with van der Waals surface area (Å²) >= 11 is 9.14. The number of carbonyl (C=O) groups is 4. The number of carboxylic acids is 2. The van der Waals surface area contributed by atoms with Crippen LogP contribution in [0.1, 0.15) is 38.5 Å². The Balaban J connectivity index is 0.000000183. The molecule has 0 fully saturated rings. The van der Waals surface area contributed by atoms with Crippen LogP contribution >= 0.6 is 54.5 Å². The van der Waals surface area contributed by atoms with Gasteiger partial charge in [0.25, 0.3) is 0 Å². The molecule has 0 aliphatic heterocycles. The number of carboxylic acid groups (broad SMARTS) is 2. The van der Waals surface area contributed by atoms with Gasteiger partial charge >= 0.3 is 11.9 Å². The number of amides is 2. The Bertz CT molecular complexity index is 2400. The number of para-hydroxylation sites is 1. The predicted octanol–water partition coefficient (Wildman–Crippen LogP) is 10.8.